The maximum absolute atomic E-state index is 12.0. The molecule has 1 aliphatic rings. The zero-order chi connectivity index (χ0) is 14.1. The second kappa shape index (κ2) is 5.19. The zero-order valence-corrected chi connectivity index (χ0v) is 11.9. The standard InChI is InChI=1S/C16H19NO3/c1-19-13-9-8-11(16(18)20-2)14-10-6-4-3-5-7-12(10)17-15(13)14/h8-9,17H,3-7H2,1-2H3. The van der Waals surface area contributed by atoms with E-state index in [1.54, 1.807) is 13.2 Å². The van der Waals surface area contributed by atoms with Gasteiger partial charge in [-0.15, -0.1) is 0 Å². The summed E-state index contributed by atoms with van der Waals surface area (Å²) in [6, 6.07) is 3.62. The van der Waals surface area contributed by atoms with Gasteiger partial charge in [0.15, 0.2) is 0 Å². The third kappa shape index (κ3) is 1.96. The van der Waals surface area contributed by atoms with E-state index < -0.39 is 0 Å². The SMILES string of the molecule is COC(=O)c1ccc(OC)c2[nH]c3c(c12)CCCCC3. The lowest BCUT2D eigenvalue weighted by molar-refractivity contribution is 0.0603. The average molecular weight is 273 g/mol. The topological polar surface area (TPSA) is 51.3 Å². The number of aromatic nitrogens is 1. The summed E-state index contributed by atoms with van der Waals surface area (Å²) < 4.78 is 10.3. The van der Waals surface area contributed by atoms with E-state index in [-0.39, 0.29) is 5.97 Å². The minimum atomic E-state index is -0.288. The molecule has 20 heavy (non-hydrogen) atoms. The first kappa shape index (κ1) is 13.0. The number of rotatable bonds is 2. The van der Waals surface area contributed by atoms with Crippen LogP contribution in [0.5, 0.6) is 5.75 Å². The highest BCUT2D eigenvalue weighted by Crippen LogP contribution is 2.35. The number of esters is 1. The number of aryl methyl sites for hydroxylation is 2. The maximum Gasteiger partial charge on any atom is 0.338 e. The molecule has 2 aromatic rings. The molecule has 106 valence electrons. The van der Waals surface area contributed by atoms with Gasteiger partial charge in [0.2, 0.25) is 0 Å². The lowest BCUT2D eigenvalue weighted by Gasteiger charge is -2.07. The molecule has 0 atom stereocenters. The number of ether oxygens (including phenoxy) is 2. The largest absolute Gasteiger partial charge is 0.495 e. The van der Waals surface area contributed by atoms with Gasteiger partial charge in [0.25, 0.3) is 0 Å². The maximum atomic E-state index is 12.0. The molecule has 0 unspecified atom stereocenters. The number of nitrogens with one attached hydrogen (secondary N) is 1. The summed E-state index contributed by atoms with van der Waals surface area (Å²) in [5.41, 5.74) is 4.05. The van der Waals surface area contributed by atoms with Crippen LogP contribution in [0.25, 0.3) is 10.9 Å². The van der Waals surface area contributed by atoms with Crippen molar-refractivity contribution in [2.24, 2.45) is 0 Å². The molecule has 0 radical (unpaired) electrons. The number of carbonyl (C=O) groups is 1. The van der Waals surface area contributed by atoms with Crippen LogP contribution in [0.15, 0.2) is 12.1 Å². The van der Waals surface area contributed by atoms with Gasteiger partial charge in [-0.3, -0.25) is 0 Å². The smallest absolute Gasteiger partial charge is 0.338 e. The molecule has 1 aliphatic carbocycles. The Morgan fingerprint density at radius 3 is 2.70 bits per heavy atom. The van der Waals surface area contributed by atoms with E-state index in [1.165, 1.54) is 31.2 Å². The van der Waals surface area contributed by atoms with Crippen molar-refractivity contribution in [1.29, 1.82) is 0 Å². The fourth-order valence-corrected chi connectivity index (χ4v) is 3.12. The van der Waals surface area contributed by atoms with Gasteiger partial charge < -0.3 is 14.5 Å². The second-order valence-electron chi connectivity index (χ2n) is 5.20. The summed E-state index contributed by atoms with van der Waals surface area (Å²) in [4.78, 5) is 15.5. The fourth-order valence-electron chi connectivity index (χ4n) is 3.12. The Labute approximate surface area is 118 Å². The quantitative estimate of drug-likeness (QED) is 0.675. The van der Waals surface area contributed by atoms with Crippen molar-refractivity contribution < 1.29 is 14.3 Å². The van der Waals surface area contributed by atoms with E-state index in [0.717, 1.165) is 35.9 Å². The number of H-pyrrole nitrogens is 1. The molecule has 0 saturated carbocycles. The molecular formula is C16H19NO3. The molecule has 1 aromatic carbocycles. The van der Waals surface area contributed by atoms with Gasteiger partial charge >= 0.3 is 5.97 Å². The van der Waals surface area contributed by atoms with Crippen molar-refractivity contribution in [1.82, 2.24) is 4.98 Å². The molecule has 0 fully saturated rings. The van der Waals surface area contributed by atoms with E-state index in [9.17, 15) is 4.79 Å². The van der Waals surface area contributed by atoms with Crippen LogP contribution >= 0.6 is 0 Å². The Kier molecular flexibility index (Phi) is 3.38. The van der Waals surface area contributed by atoms with Crippen LogP contribution in [-0.2, 0) is 17.6 Å². The highest BCUT2D eigenvalue weighted by atomic mass is 16.5. The monoisotopic (exact) mass is 273 g/mol. The third-order valence-corrected chi connectivity index (χ3v) is 4.09. The zero-order valence-electron chi connectivity index (χ0n) is 11.9. The Hall–Kier alpha value is -1.97. The Morgan fingerprint density at radius 2 is 1.95 bits per heavy atom. The van der Waals surface area contributed by atoms with Crippen molar-refractivity contribution in [3.05, 3.63) is 29.0 Å². The number of aromatic amines is 1. The van der Waals surface area contributed by atoms with Crippen molar-refractivity contribution in [3.8, 4) is 5.75 Å². The van der Waals surface area contributed by atoms with E-state index in [1.807, 2.05) is 6.07 Å². The first-order valence-electron chi connectivity index (χ1n) is 7.05. The highest BCUT2D eigenvalue weighted by molar-refractivity contribution is 6.07. The Morgan fingerprint density at radius 1 is 1.15 bits per heavy atom. The van der Waals surface area contributed by atoms with Gasteiger partial charge in [-0.1, -0.05) is 6.42 Å². The second-order valence-corrected chi connectivity index (χ2v) is 5.20. The molecular weight excluding hydrogens is 254 g/mol. The molecule has 4 heteroatoms. The van der Waals surface area contributed by atoms with Crippen molar-refractivity contribution in [2.45, 2.75) is 32.1 Å². The predicted octanol–water partition coefficient (Wildman–Crippen LogP) is 3.23. The first-order chi connectivity index (χ1) is 9.76. The van der Waals surface area contributed by atoms with Gasteiger partial charge in [0.05, 0.1) is 25.3 Å². The van der Waals surface area contributed by atoms with Crippen LogP contribution in [0.4, 0.5) is 0 Å². The van der Waals surface area contributed by atoms with Crippen molar-refractivity contribution in [2.75, 3.05) is 14.2 Å². The van der Waals surface area contributed by atoms with Crippen molar-refractivity contribution >= 4 is 16.9 Å². The summed E-state index contributed by atoms with van der Waals surface area (Å²) in [5.74, 6) is 0.490. The highest BCUT2D eigenvalue weighted by Gasteiger charge is 2.22. The van der Waals surface area contributed by atoms with Crippen molar-refractivity contribution in [3.63, 3.8) is 0 Å². The number of carbonyl (C=O) groups excluding carboxylic acids is 1. The van der Waals surface area contributed by atoms with E-state index in [4.69, 9.17) is 9.47 Å². The van der Waals surface area contributed by atoms with Gasteiger partial charge in [-0.25, -0.2) is 4.79 Å². The lowest BCUT2D eigenvalue weighted by Crippen LogP contribution is -2.03. The van der Waals surface area contributed by atoms with Gasteiger partial charge in [0.1, 0.15) is 5.75 Å². The van der Waals surface area contributed by atoms with Gasteiger partial charge in [0, 0.05) is 11.1 Å². The van der Waals surface area contributed by atoms with Crippen LogP contribution < -0.4 is 4.74 Å². The number of methoxy groups -OCH3 is 2. The molecule has 1 N–H and O–H groups in total. The van der Waals surface area contributed by atoms with Crippen LogP contribution in [0.1, 0.15) is 40.9 Å². The summed E-state index contributed by atoms with van der Waals surface area (Å²) in [5, 5.41) is 0.980. The number of hydrogen-bond acceptors (Lipinski definition) is 3. The van der Waals surface area contributed by atoms with Crippen LogP contribution in [0, 0.1) is 0 Å². The number of benzene rings is 1. The predicted molar refractivity (Wildman–Crippen MR) is 77.4 cm³/mol. The van der Waals surface area contributed by atoms with Gasteiger partial charge in [-0.05, 0) is 43.4 Å². The molecule has 4 nitrogen and oxygen atoms in total. The summed E-state index contributed by atoms with van der Waals surface area (Å²) in [6.07, 6.45) is 5.63. The minimum Gasteiger partial charge on any atom is -0.495 e. The average Bonchev–Trinajstić information content (AvgIpc) is 2.68. The number of hydrogen-bond donors (Lipinski definition) is 1. The first-order valence-corrected chi connectivity index (χ1v) is 7.05. The Balaban J connectivity index is 2.30. The van der Waals surface area contributed by atoms with E-state index in [2.05, 4.69) is 4.98 Å². The molecule has 0 saturated heterocycles. The summed E-state index contributed by atoms with van der Waals surface area (Å²) in [6.45, 7) is 0. The number of fused-ring (bicyclic) bond motifs is 3. The lowest BCUT2D eigenvalue weighted by atomic mass is 10.0. The summed E-state index contributed by atoms with van der Waals surface area (Å²) in [7, 11) is 3.07. The third-order valence-electron chi connectivity index (χ3n) is 4.09. The molecule has 1 aromatic heterocycles. The molecule has 0 amide bonds. The minimum absolute atomic E-state index is 0.288. The molecule has 0 spiro atoms. The molecule has 3 rings (SSSR count). The normalized spacial score (nSPS) is 14.7. The summed E-state index contributed by atoms with van der Waals surface area (Å²) >= 11 is 0. The Bertz CT molecular complexity index is 657. The van der Waals surface area contributed by atoms with E-state index in [0.29, 0.717) is 5.56 Å². The van der Waals surface area contributed by atoms with Crippen LogP contribution in [-0.4, -0.2) is 25.2 Å². The molecule has 0 aliphatic heterocycles. The van der Waals surface area contributed by atoms with E-state index >= 15 is 0 Å². The fraction of sp³-hybridized carbons (Fsp3) is 0.438. The van der Waals surface area contributed by atoms with Crippen LogP contribution in [0.2, 0.25) is 0 Å². The van der Waals surface area contributed by atoms with Gasteiger partial charge in [-0.2, -0.15) is 0 Å². The molecule has 1 heterocycles. The van der Waals surface area contributed by atoms with Crippen LogP contribution in [0.3, 0.4) is 0 Å². The molecule has 0 bridgehead atoms.